The van der Waals surface area contributed by atoms with Crippen molar-refractivity contribution >= 4 is 5.91 Å². The Hall–Kier alpha value is -0.610. The van der Waals surface area contributed by atoms with Crippen molar-refractivity contribution in [3.8, 4) is 0 Å². The molecule has 0 bridgehead atoms. The Morgan fingerprint density at radius 2 is 1.91 bits per heavy atom. The highest BCUT2D eigenvalue weighted by atomic mass is 16.5. The molecule has 0 aromatic heterocycles. The minimum Gasteiger partial charge on any atom is -0.378 e. The van der Waals surface area contributed by atoms with Crippen LogP contribution in [-0.2, 0) is 9.53 Å². The lowest BCUT2D eigenvalue weighted by Gasteiger charge is -2.60. The summed E-state index contributed by atoms with van der Waals surface area (Å²) in [6.07, 6.45) is 9.85. The fourth-order valence-electron chi connectivity index (χ4n) is 5.08. The zero-order valence-corrected chi connectivity index (χ0v) is 14.3. The van der Waals surface area contributed by atoms with E-state index in [1.807, 2.05) is 7.05 Å². The zero-order valence-electron chi connectivity index (χ0n) is 14.3. The van der Waals surface area contributed by atoms with Gasteiger partial charge in [0.25, 0.3) is 0 Å². The Balaban J connectivity index is 1.68. The maximum absolute atomic E-state index is 12.9. The summed E-state index contributed by atoms with van der Waals surface area (Å²) in [5, 5.41) is 3.36. The normalized spacial score (nSPS) is 31.7. The number of rotatable bonds is 4. The monoisotopic (exact) mass is 308 g/mol. The molecule has 1 N–H and O–H groups in total. The molecule has 1 saturated heterocycles. The summed E-state index contributed by atoms with van der Waals surface area (Å²) in [6.45, 7) is 4.86. The Kier molecular flexibility index (Phi) is 5.08. The molecule has 2 saturated carbocycles. The maximum Gasteiger partial charge on any atom is 0.225 e. The van der Waals surface area contributed by atoms with Crippen LogP contribution in [0, 0.1) is 11.3 Å². The van der Waals surface area contributed by atoms with Gasteiger partial charge in [-0.1, -0.05) is 19.3 Å². The van der Waals surface area contributed by atoms with Crippen LogP contribution in [0.25, 0.3) is 0 Å². The van der Waals surface area contributed by atoms with Gasteiger partial charge in [0.05, 0.1) is 6.10 Å². The standard InChI is InChI=1S/C18H32N2O2/c1-3-22-16-13-15(18(16)9-5-4-6-10-18)20(2)17(21)14-7-11-19-12-8-14/h14-16,19H,3-13H2,1-2H3. The van der Waals surface area contributed by atoms with Gasteiger partial charge in [-0.15, -0.1) is 0 Å². The molecule has 2 aliphatic carbocycles. The molecule has 4 nitrogen and oxygen atoms in total. The third kappa shape index (κ3) is 2.80. The Labute approximate surface area is 135 Å². The lowest BCUT2D eigenvalue weighted by molar-refractivity contribution is -0.187. The zero-order chi connectivity index (χ0) is 15.6. The third-order valence-electron chi connectivity index (χ3n) is 6.40. The Morgan fingerprint density at radius 1 is 1.23 bits per heavy atom. The summed E-state index contributed by atoms with van der Waals surface area (Å²) >= 11 is 0. The summed E-state index contributed by atoms with van der Waals surface area (Å²) < 4.78 is 6.03. The highest BCUT2D eigenvalue weighted by Crippen LogP contribution is 2.55. The molecule has 0 radical (unpaired) electrons. The molecule has 0 aromatic carbocycles. The quantitative estimate of drug-likeness (QED) is 0.868. The van der Waals surface area contributed by atoms with Crippen molar-refractivity contribution in [3.63, 3.8) is 0 Å². The first kappa shape index (κ1) is 16.3. The van der Waals surface area contributed by atoms with Crippen LogP contribution in [0.3, 0.4) is 0 Å². The molecule has 1 heterocycles. The molecule has 3 fully saturated rings. The number of amides is 1. The molecular weight excluding hydrogens is 276 g/mol. The molecule has 22 heavy (non-hydrogen) atoms. The lowest BCUT2D eigenvalue weighted by Crippen LogP contribution is -2.66. The summed E-state index contributed by atoms with van der Waals surface area (Å²) in [5.74, 6) is 0.615. The van der Waals surface area contributed by atoms with Gasteiger partial charge in [-0.2, -0.15) is 0 Å². The third-order valence-corrected chi connectivity index (χ3v) is 6.40. The van der Waals surface area contributed by atoms with Crippen LogP contribution in [0.4, 0.5) is 0 Å². The van der Waals surface area contributed by atoms with Gasteiger partial charge in [0.1, 0.15) is 0 Å². The van der Waals surface area contributed by atoms with Crippen LogP contribution in [0.5, 0.6) is 0 Å². The number of piperidine rings is 1. The van der Waals surface area contributed by atoms with Crippen LogP contribution >= 0.6 is 0 Å². The predicted octanol–water partition coefficient (Wildman–Crippen LogP) is 2.57. The number of carbonyl (C=O) groups excluding carboxylic acids is 1. The predicted molar refractivity (Wildman–Crippen MR) is 87.7 cm³/mol. The first-order valence-electron chi connectivity index (χ1n) is 9.28. The highest BCUT2D eigenvalue weighted by molar-refractivity contribution is 5.79. The van der Waals surface area contributed by atoms with Gasteiger partial charge in [-0.3, -0.25) is 4.79 Å². The summed E-state index contributed by atoms with van der Waals surface area (Å²) in [4.78, 5) is 15.0. The number of hydrogen-bond donors (Lipinski definition) is 1. The minimum atomic E-state index is 0.234. The van der Waals surface area contributed by atoms with Gasteiger partial charge in [0, 0.05) is 31.0 Å². The average Bonchev–Trinajstić information content (AvgIpc) is 2.58. The van der Waals surface area contributed by atoms with E-state index in [0.29, 0.717) is 18.1 Å². The van der Waals surface area contributed by atoms with E-state index in [9.17, 15) is 4.79 Å². The number of carbonyl (C=O) groups is 1. The second-order valence-corrected chi connectivity index (χ2v) is 7.46. The molecule has 0 aromatic rings. The van der Waals surface area contributed by atoms with Crippen LogP contribution in [0.1, 0.15) is 58.3 Å². The van der Waals surface area contributed by atoms with Gasteiger partial charge >= 0.3 is 0 Å². The number of nitrogens with zero attached hydrogens (tertiary/aromatic N) is 1. The van der Waals surface area contributed by atoms with Gasteiger partial charge in [0.15, 0.2) is 0 Å². The van der Waals surface area contributed by atoms with Crippen LogP contribution in [0.2, 0.25) is 0 Å². The van der Waals surface area contributed by atoms with Crippen LogP contribution < -0.4 is 5.32 Å². The molecule has 1 spiro atoms. The molecule has 126 valence electrons. The SMILES string of the molecule is CCOC1CC(N(C)C(=O)C2CCNCC2)C12CCCCC2. The van der Waals surface area contributed by atoms with Crippen molar-refractivity contribution in [2.45, 2.75) is 70.4 Å². The fourth-order valence-corrected chi connectivity index (χ4v) is 5.08. The Morgan fingerprint density at radius 3 is 2.55 bits per heavy atom. The van der Waals surface area contributed by atoms with E-state index in [2.05, 4.69) is 17.1 Å². The van der Waals surface area contributed by atoms with Crippen LogP contribution in [0.15, 0.2) is 0 Å². The van der Waals surface area contributed by atoms with E-state index in [0.717, 1.165) is 39.0 Å². The molecular formula is C18H32N2O2. The summed E-state index contributed by atoms with van der Waals surface area (Å²) in [6, 6.07) is 0.409. The molecule has 1 amide bonds. The largest absolute Gasteiger partial charge is 0.378 e. The molecule has 1 aliphatic heterocycles. The summed E-state index contributed by atoms with van der Waals surface area (Å²) in [5.41, 5.74) is 0.256. The van der Waals surface area contributed by atoms with Crippen LogP contribution in [-0.4, -0.2) is 49.7 Å². The first-order chi connectivity index (χ1) is 10.7. The fraction of sp³-hybridized carbons (Fsp3) is 0.944. The Bertz CT molecular complexity index is 387. The second-order valence-electron chi connectivity index (χ2n) is 7.46. The van der Waals surface area contributed by atoms with Crippen molar-refractivity contribution in [1.29, 1.82) is 0 Å². The maximum atomic E-state index is 12.9. The number of hydrogen-bond acceptors (Lipinski definition) is 3. The van der Waals surface area contributed by atoms with E-state index in [1.165, 1.54) is 32.1 Å². The van der Waals surface area contributed by atoms with E-state index in [1.54, 1.807) is 0 Å². The first-order valence-corrected chi connectivity index (χ1v) is 9.28. The van der Waals surface area contributed by atoms with Crippen molar-refractivity contribution < 1.29 is 9.53 Å². The lowest BCUT2D eigenvalue weighted by atomic mass is 9.54. The smallest absolute Gasteiger partial charge is 0.225 e. The van der Waals surface area contributed by atoms with E-state index in [4.69, 9.17) is 4.74 Å². The van der Waals surface area contributed by atoms with Gasteiger partial charge in [0.2, 0.25) is 5.91 Å². The van der Waals surface area contributed by atoms with E-state index < -0.39 is 0 Å². The van der Waals surface area contributed by atoms with Gasteiger partial charge < -0.3 is 15.0 Å². The summed E-state index contributed by atoms with van der Waals surface area (Å²) in [7, 11) is 2.05. The van der Waals surface area contributed by atoms with Gasteiger partial charge in [-0.05, 0) is 52.1 Å². The number of nitrogens with one attached hydrogen (secondary N) is 1. The second kappa shape index (κ2) is 6.88. The van der Waals surface area contributed by atoms with E-state index in [-0.39, 0.29) is 11.3 Å². The molecule has 2 atom stereocenters. The van der Waals surface area contributed by atoms with Gasteiger partial charge in [-0.25, -0.2) is 0 Å². The average molecular weight is 308 g/mol. The molecule has 3 rings (SSSR count). The molecule has 4 heteroatoms. The highest BCUT2D eigenvalue weighted by Gasteiger charge is 2.58. The minimum absolute atomic E-state index is 0.234. The number of ether oxygens (including phenoxy) is 1. The van der Waals surface area contributed by atoms with E-state index >= 15 is 0 Å². The van der Waals surface area contributed by atoms with Crippen molar-refractivity contribution in [2.24, 2.45) is 11.3 Å². The topological polar surface area (TPSA) is 41.6 Å². The van der Waals surface area contributed by atoms with Crippen molar-refractivity contribution in [2.75, 3.05) is 26.7 Å². The molecule has 2 unspecified atom stereocenters. The van der Waals surface area contributed by atoms with Crippen molar-refractivity contribution in [1.82, 2.24) is 10.2 Å². The van der Waals surface area contributed by atoms with Crippen molar-refractivity contribution in [3.05, 3.63) is 0 Å². The molecule has 3 aliphatic rings.